The summed E-state index contributed by atoms with van der Waals surface area (Å²) in [5.74, 6) is 1.34. The van der Waals surface area contributed by atoms with E-state index in [4.69, 9.17) is 18.3 Å². The lowest BCUT2D eigenvalue weighted by Gasteiger charge is -2.09. The molecule has 0 aliphatic heterocycles. The molecule has 5 aromatic carbocycles. The van der Waals surface area contributed by atoms with Gasteiger partial charge in [0.1, 0.15) is 23.5 Å². The van der Waals surface area contributed by atoms with Crippen molar-refractivity contribution in [3.63, 3.8) is 0 Å². The zero-order valence-electron chi connectivity index (χ0n) is 22.0. The standard InChI is InChI=1S/C21H16O4.C13H8O3/c1-23-15-11-9-14(10-12-15)13-24-19-8-4-6-17-20(22)16-5-2-3-7-18(16)25-21(17)19;14-10-6-3-5-9-12(15)8-4-1-2-7-11(8)16-13(9)10/h2-12H,13H2,1H3;1-7,14H. The Balaban J connectivity index is 0.000000162. The molecule has 0 radical (unpaired) electrons. The number of aromatic hydroxyl groups is 1. The Bertz CT molecular complexity index is 2140. The molecule has 0 unspecified atom stereocenters. The molecule has 2 aromatic heterocycles. The second kappa shape index (κ2) is 10.9. The second-order valence-corrected chi connectivity index (χ2v) is 9.28. The van der Waals surface area contributed by atoms with Crippen LogP contribution in [-0.4, -0.2) is 12.2 Å². The molecular formula is C34H24O7. The summed E-state index contributed by atoms with van der Waals surface area (Å²) in [5, 5.41) is 11.6. The Kier molecular flexibility index (Phi) is 6.83. The molecule has 7 heteroatoms. The maximum Gasteiger partial charge on any atom is 0.200 e. The predicted octanol–water partition coefficient (Wildman–Crippen LogP) is 7.19. The van der Waals surface area contributed by atoms with Crippen LogP contribution in [0.5, 0.6) is 17.2 Å². The van der Waals surface area contributed by atoms with Crippen LogP contribution in [-0.2, 0) is 6.61 Å². The minimum Gasteiger partial charge on any atom is -0.504 e. The summed E-state index contributed by atoms with van der Waals surface area (Å²) in [6, 6.07) is 32.0. The van der Waals surface area contributed by atoms with Crippen molar-refractivity contribution < 1.29 is 23.4 Å². The molecule has 0 amide bonds. The first-order valence-electron chi connectivity index (χ1n) is 12.9. The van der Waals surface area contributed by atoms with Crippen LogP contribution in [0.25, 0.3) is 43.9 Å². The molecule has 0 saturated carbocycles. The Labute approximate surface area is 233 Å². The molecule has 41 heavy (non-hydrogen) atoms. The zero-order valence-corrected chi connectivity index (χ0v) is 22.0. The van der Waals surface area contributed by atoms with E-state index in [1.54, 1.807) is 67.8 Å². The monoisotopic (exact) mass is 544 g/mol. The average molecular weight is 545 g/mol. The molecule has 0 saturated heterocycles. The lowest BCUT2D eigenvalue weighted by molar-refractivity contribution is 0.305. The number of hydrogen-bond acceptors (Lipinski definition) is 7. The van der Waals surface area contributed by atoms with Gasteiger partial charge in [0.25, 0.3) is 0 Å². The summed E-state index contributed by atoms with van der Waals surface area (Å²) in [7, 11) is 1.63. The molecule has 0 atom stereocenters. The van der Waals surface area contributed by atoms with Gasteiger partial charge in [0, 0.05) is 0 Å². The summed E-state index contributed by atoms with van der Waals surface area (Å²) in [5.41, 5.74) is 2.59. The van der Waals surface area contributed by atoms with E-state index in [9.17, 15) is 14.7 Å². The van der Waals surface area contributed by atoms with Crippen LogP contribution >= 0.6 is 0 Å². The van der Waals surface area contributed by atoms with Gasteiger partial charge in [-0.2, -0.15) is 0 Å². The van der Waals surface area contributed by atoms with Crippen molar-refractivity contribution >= 4 is 43.9 Å². The van der Waals surface area contributed by atoms with Gasteiger partial charge >= 0.3 is 0 Å². The molecule has 7 aromatic rings. The number of methoxy groups -OCH3 is 1. The highest BCUT2D eigenvalue weighted by Crippen LogP contribution is 2.28. The summed E-state index contributed by atoms with van der Waals surface area (Å²) < 4.78 is 22.5. The highest BCUT2D eigenvalue weighted by Gasteiger charge is 2.12. The Morgan fingerprint density at radius 1 is 0.610 bits per heavy atom. The van der Waals surface area contributed by atoms with Gasteiger partial charge < -0.3 is 23.4 Å². The number of ether oxygens (including phenoxy) is 2. The molecule has 0 bridgehead atoms. The van der Waals surface area contributed by atoms with Crippen molar-refractivity contribution in [1.29, 1.82) is 0 Å². The number of hydrogen-bond donors (Lipinski definition) is 1. The Hall–Kier alpha value is -5.56. The minimum absolute atomic E-state index is 0.0136. The number of fused-ring (bicyclic) bond motifs is 4. The molecule has 7 rings (SSSR count). The first kappa shape index (κ1) is 25.7. The minimum atomic E-state index is -0.118. The van der Waals surface area contributed by atoms with Crippen molar-refractivity contribution in [2.45, 2.75) is 6.61 Å². The van der Waals surface area contributed by atoms with Crippen LogP contribution in [0.2, 0.25) is 0 Å². The molecule has 0 aliphatic carbocycles. The molecule has 0 spiro atoms. The third kappa shape index (κ3) is 4.96. The van der Waals surface area contributed by atoms with E-state index in [2.05, 4.69) is 0 Å². The van der Waals surface area contributed by atoms with Crippen LogP contribution in [0.3, 0.4) is 0 Å². The van der Waals surface area contributed by atoms with Gasteiger partial charge in [0.05, 0.1) is 28.7 Å². The van der Waals surface area contributed by atoms with E-state index in [0.29, 0.717) is 50.7 Å². The highest BCUT2D eigenvalue weighted by molar-refractivity contribution is 5.93. The van der Waals surface area contributed by atoms with Crippen molar-refractivity contribution in [2.24, 2.45) is 0 Å². The van der Waals surface area contributed by atoms with Crippen molar-refractivity contribution in [3.8, 4) is 17.2 Å². The lowest BCUT2D eigenvalue weighted by atomic mass is 10.1. The van der Waals surface area contributed by atoms with Gasteiger partial charge in [-0.1, -0.05) is 48.5 Å². The SMILES string of the molecule is COc1ccc(COc2cccc3c(=O)c4ccccc4oc23)cc1.O=c1c2ccccc2oc2c(O)cccc12. The fraction of sp³-hybridized carbons (Fsp3) is 0.0588. The summed E-state index contributed by atoms with van der Waals surface area (Å²) in [6.07, 6.45) is 0. The molecule has 7 nitrogen and oxygen atoms in total. The largest absolute Gasteiger partial charge is 0.504 e. The zero-order chi connectivity index (χ0) is 28.3. The molecule has 2 heterocycles. The fourth-order valence-electron chi connectivity index (χ4n) is 4.60. The Morgan fingerprint density at radius 2 is 1.15 bits per heavy atom. The van der Waals surface area contributed by atoms with E-state index in [1.165, 1.54) is 6.07 Å². The van der Waals surface area contributed by atoms with Gasteiger partial charge in [-0.05, 0) is 66.2 Å². The van der Waals surface area contributed by atoms with E-state index >= 15 is 0 Å². The van der Waals surface area contributed by atoms with Crippen LogP contribution < -0.4 is 20.3 Å². The third-order valence-electron chi connectivity index (χ3n) is 6.70. The maximum atomic E-state index is 12.7. The predicted molar refractivity (Wildman–Crippen MR) is 159 cm³/mol. The topological polar surface area (TPSA) is 99.1 Å². The van der Waals surface area contributed by atoms with Crippen molar-refractivity contribution in [2.75, 3.05) is 7.11 Å². The van der Waals surface area contributed by atoms with Gasteiger partial charge in [0.15, 0.2) is 22.7 Å². The summed E-state index contributed by atoms with van der Waals surface area (Å²) >= 11 is 0. The molecule has 202 valence electrons. The average Bonchev–Trinajstić information content (AvgIpc) is 3.02. The number of para-hydroxylation sites is 4. The Morgan fingerprint density at radius 3 is 1.78 bits per heavy atom. The lowest BCUT2D eigenvalue weighted by Crippen LogP contribution is -2.03. The number of benzene rings is 5. The van der Waals surface area contributed by atoms with Crippen LogP contribution in [0.1, 0.15) is 5.56 Å². The van der Waals surface area contributed by atoms with Gasteiger partial charge in [-0.3, -0.25) is 9.59 Å². The molecule has 1 N–H and O–H groups in total. The number of phenolic OH excluding ortho intramolecular Hbond substituents is 1. The first-order valence-corrected chi connectivity index (χ1v) is 12.9. The summed E-state index contributed by atoms with van der Waals surface area (Å²) in [4.78, 5) is 24.7. The highest BCUT2D eigenvalue weighted by atomic mass is 16.5. The van der Waals surface area contributed by atoms with Gasteiger partial charge in [-0.25, -0.2) is 0 Å². The second-order valence-electron chi connectivity index (χ2n) is 9.28. The third-order valence-corrected chi connectivity index (χ3v) is 6.70. The normalized spacial score (nSPS) is 11.0. The van der Waals surface area contributed by atoms with Gasteiger partial charge in [0.2, 0.25) is 10.9 Å². The van der Waals surface area contributed by atoms with E-state index < -0.39 is 0 Å². The van der Waals surface area contributed by atoms with E-state index in [-0.39, 0.29) is 22.2 Å². The fourth-order valence-corrected chi connectivity index (χ4v) is 4.60. The van der Waals surface area contributed by atoms with Crippen LogP contribution in [0.15, 0.2) is 128 Å². The molecule has 0 aliphatic rings. The molecule has 0 fully saturated rings. The van der Waals surface area contributed by atoms with Crippen molar-refractivity contribution in [1.82, 2.24) is 0 Å². The first-order chi connectivity index (χ1) is 20.0. The van der Waals surface area contributed by atoms with E-state index in [0.717, 1.165) is 11.3 Å². The summed E-state index contributed by atoms with van der Waals surface area (Å²) in [6.45, 7) is 0.375. The quantitative estimate of drug-likeness (QED) is 0.234. The number of rotatable bonds is 4. The number of phenols is 1. The maximum absolute atomic E-state index is 12.7. The van der Waals surface area contributed by atoms with Crippen LogP contribution in [0, 0.1) is 0 Å². The van der Waals surface area contributed by atoms with E-state index in [1.807, 2.05) is 42.5 Å². The molecular weight excluding hydrogens is 520 g/mol. The smallest absolute Gasteiger partial charge is 0.200 e. The van der Waals surface area contributed by atoms with Crippen molar-refractivity contribution in [3.05, 3.63) is 135 Å². The van der Waals surface area contributed by atoms with Gasteiger partial charge in [-0.15, -0.1) is 0 Å². The van der Waals surface area contributed by atoms with Crippen LogP contribution in [0.4, 0.5) is 0 Å².